The molecule has 1 atom stereocenters. The maximum atomic E-state index is 12.7. The Balaban J connectivity index is 1.59. The summed E-state index contributed by atoms with van der Waals surface area (Å²) in [4.78, 5) is 40.6. The molecule has 0 unspecified atom stereocenters. The third kappa shape index (κ3) is 4.60. The largest absolute Gasteiger partial charge is 0.383 e. The number of hydrogen-bond acceptors (Lipinski definition) is 5. The van der Waals surface area contributed by atoms with E-state index in [0.717, 1.165) is 12.1 Å². The van der Waals surface area contributed by atoms with E-state index in [1.807, 2.05) is 6.92 Å². The van der Waals surface area contributed by atoms with Gasteiger partial charge in [0.2, 0.25) is 5.91 Å². The lowest BCUT2D eigenvalue weighted by Crippen LogP contribution is -2.64. The highest BCUT2D eigenvalue weighted by Gasteiger charge is 2.36. The van der Waals surface area contributed by atoms with Crippen LogP contribution in [0.5, 0.6) is 0 Å². The molecule has 9 heteroatoms. The second-order valence-electron chi connectivity index (χ2n) is 7.00. The number of methoxy groups -OCH3 is 1. The van der Waals surface area contributed by atoms with Crippen molar-refractivity contribution >= 4 is 23.5 Å². The number of carbonyl (C=O) groups excluding carboxylic acids is 3. The molecule has 4 amide bonds. The smallest absolute Gasteiger partial charge is 0.321 e. The quantitative estimate of drug-likeness (QED) is 0.616. The van der Waals surface area contributed by atoms with Gasteiger partial charge in [-0.25, -0.2) is 4.79 Å². The number of anilines is 1. The molecule has 0 spiro atoms. The molecule has 28 heavy (non-hydrogen) atoms. The molecule has 0 radical (unpaired) electrons. The molecule has 0 aliphatic carbocycles. The Morgan fingerprint density at radius 2 is 2.11 bits per heavy atom. The summed E-state index contributed by atoms with van der Waals surface area (Å²) in [6.45, 7) is 5.84. The number of urea groups is 1. The Kier molecular flexibility index (Phi) is 6.48. The van der Waals surface area contributed by atoms with Crippen molar-refractivity contribution < 1.29 is 19.1 Å². The molecule has 3 rings (SSSR count). The zero-order chi connectivity index (χ0) is 20.1. The van der Waals surface area contributed by atoms with Gasteiger partial charge in [-0.3, -0.25) is 14.5 Å². The highest BCUT2D eigenvalue weighted by molar-refractivity contribution is 5.96. The first-order valence-electron chi connectivity index (χ1n) is 9.45. The molecule has 1 aromatic rings. The van der Waals surface area contributed by atoms with Crippen LogP contribution < -0.4 is 16.0 Å². The van der Waals surface area contributed by atoms with Crippen LogP contribution in [0, 0.1) is 6.92 Å². The van der Waals surface area contributed by atoms with Crippen molar-refractivity contribution in [3.63, 3.8) is 0 Å². The van der Waals surface area contributed by atoms with Gasteiger partial charge in [0.05, 0.1) is 6.61 Å². The molecular formula is C19H27N5O4. The maximum Gasteiger partial charge on any atom is 0.321 e. The monoisotopic (exact) mass is 389 g/mol. The van der Waals surface area contributed by atoms with Crippen LogP contribution in [0.1, 0.15) is 15.9 Å². The predicted octanol–water partition coefficient (Wildman–Crippen LogP) is 0.0191. The number of hydrogen-bond donors (Lipinski definition) is 3. The third-order valence-corrected chi connectivity index (χ3v) is 5.10. The number of nitrogens with zero attached hydrogens (tertiary/aromatic N) is 2. The Bertz CT molecular complexity index is 754. The van der Waals surface area contributed by atoms with Crippen molar-refractivity contribution in [1.29, 1.82) is 0 Å². The summed E-state index contributed by atoms with van der Waals surface area (Å²) in [7, 11) is 1.58. The predicted molar refractivity (Wildman–Crippen MR) is 104 cm³/mol. The van der Waals surface area contributed by atoms with Gasteiger partial charge in [0, 0.05) is 57.6 Å². The van der Waals surface area contributed by atoms with Gasteiger partial charge in [0.15, 0.2) is 0 Å². The first-order chi connectivity index (χ1) is 13.5. The van der Waals surface area contributed by atoms with Crippen molar-refractivity contribution in [2.45, 2.75) is 13.0 Å². The Labute approximate surface area is 164 Å². The van der Waals surface area contributed by atoms with Crippen LogP contribution in [-0.2, 0) is 9.53 Å². The highest BCUT2D eigenvalue weighted by Crippen LogP contribution is 2.19. The number of nitrogens with one attached hydrogen (secondary N) is 3. The van der Waals surface area contributed by atoms with Crippen molar-refractivity contribution in [1.82, 2.24) is 20.4 Å². The van der Waals surface area contributed by atoms with Crippen molar-refractivity contribution in [2.75, 3.05) is 58.3 Å². The van der Waals surface area contributed by atoms with E-state index in [1.165, 1.54) is 0 Å². The fraction of sp³-hybridized carbons (Fsp3) is 0.526. The normalized spacial score (nSPS) is 19.6. The molecule has 2 aliphatic rings. The number of rotatable bonds is 5. The van der Waals surface area contributed by atoms with Crippen LogP contribution in [0.4, 0.5) is 10.5 Å². The van der Waals surface area contributed by atoms with Gasteiger partial charge >= 0.3 is 6.03 Å². The summed E-state index contributed by atoms with van der Waals surface area (Å²) in [5, 5.41) is 8.51. The van der Waals surface area contributed by atoms with E-state index in [9.17, 15) is 14.4 Å². The Morgan fingerprint density at radius 3 is 2.86 bits per heavy atom. The number of carbonyl (C=O) groups is 3. The second-order valence-corrected chi connectivity index (χ2v) is 7.00. The van der Waals surface area contributed by atoms with E-state index in [-0.39, 0.29) is 23.9 Å². The number of fused-ring (bicyclic) bond motifs is 1. The summed E-state index contributed by atoms with van der Waals surface area (Å²) in [5.41, 5.74) is 1.97. The molecule has 0 aromatic heterocycles. The third-order valence-electron chi connectivity index (χ3n) is 5.10. The Hall–Kier alpha value is -2.65. The highest BCUT2D eigenvalue weighted by atomic mass is 16.5. The van der Waals surface area contributed by atoms with Crippen LogP contribution in [-0.4, -0.2) is 86.7 Å². The van der Waals surface area contributed by atoms with E-state index in [2.05, 4.69) is 20.9 Å². The van der Waals surface area contributed by atoms with Crippen molar-refractivity contribution in [3.8, 4) is 0 Å². The molecule has 2 saturated heterocycles. The van der Waals surface area contributed by atoms with Crippen molar-refractivity contribution in [3.05, 3.63) is 29.3 Å². The lowest BCUT2D eigenvalue weighted by atomic mass is 10.1. The van der Waals surface area contributed by atoms with Gasteiger partial charge in [-0.2, -0.15) is 0 Å². The van der Waals surface area contributed by atoms with E-state index < -0.39 is 0 Å². The Morgan fingerprint density at radius 1 is 1.29 bits per heavy atom. The van der Waals surface area contributed by atoms with Crippen LogP contribution in [0.25, 0.3) is 0 Å². The van der Waals surface area contributed by atoms with Crippen LogP contribution in [0.2, 0.25) is 0 Å². The van der Waals surface area contributed by atoms with Gasteiger partial charge in [-0.1, -0.05) is 0 Å². The standard InChI is InChI=1S/C19H27N5O4/c1-13-11-14(17(25)21-6-10-28-2)3-4-15(13)22-19(27)24-9-8-23-7-5-20-18(26)16(23)12-24/h3-4,11,16H,5-10,12H2,1-2H3,(H,20,26)(H,21,25)(H,22,27)/t16-/m1/s1. The fourth-order valence-electron chi connectivity index (χ4n) is 3.47. The van der Waals surface area contributed by atoms with Gasteiger partial charge in [0.1, 0.15) is 6.04 Å². The van der Waals surface area contributed by atoms with E-state index >= 15 is 0 Å². The van der Waals surface area contributed by atoms with Crippen molar-refractivity contribution in [2.24, 2.45) is 0 Å². The van der Waals surface area contributed by atoms with Gasteiger partial charge in [-0.05, 0) is 30.7 Å². The molecular weight excluding hydrogens is 362 g/mol. The maximum absolute atomic E-state index is 12.7. The summed E-state index contributed by atoms with van der Waals surface area (Å²) in [6.07, 6.45) is 0. The van der Waals surface area contributed by atoms with E-state index in [4.69, 9.17) is 4.74 Å². The number of aryl methyl sites for hydroxylation is 1. The molecule has 2 heterocycles. The van der Waals surface area contributed by atoms with Gasteiger partial charge in [0.25, 0.3) is 5.91 Å². The fourth-order valence-corrected chi connectivity index (χ4v) is 3.47. The molecule has 152 valence electrons. The second kappa shape index (κ2) is 9.03. The van der Waals surface area contributed by atoms with Gasteiger partial charge in [-0.15, -0.1) is 0 Å². The number of amides is 4. The number of ether oxygens (including phenoxy) is 1. The van der Waals surface area contributed by atoms with Crippen LogP contribution >= 0.6 is 0 Å². The van der Waals surface area contributed by atoms with E-state index in [0.29, 0.717) is 50.6 Å². The molecule has 9 nitrogen and oxygen atoms in total. The summed E-state index contributed by atoms with van der Waals surface area (Å²) >= 11 is 0. The summed E-state index contributed by atoms with van der Waals surface area (Å²) in [5.74, 6) is -0.207. The first-order valence-corrected chi connectivity index (χ1v) is 9.45. The number of piperazine rings is 2. The average molecular weight is 389 g/mol. The zero-order valence-corrected chi connectivity index (χ0v) is 16.3. The molecule has 2 fully saturated rings. The zero-order valence-electron chi connectivity index (χ0n) is 16.3. The minimum absolute atomic E-state index is 0.0243. The van der Waals surface area contributed by atoms with Crippen LogP contribution in [0.3, 0.4) is 0 Å². The van der Waals surface area contributed by atoms with E-state index in [1.54, 1.807) is 30.2 Å². The molecule has 0 bridgehead atoms. The topological polar surface area (TPSA) is 103 Å². The lowest BCUT2D eigenvalue weighted by molar-refractivity contribution is -0.131. The minimum Gasteiger partial charge on any atom is -0.383 e. The van der Waals surface area contributed by atoms with Crippen LogP contribution in [0.15, 0.2) is 18.2 Å². The molecule has 3 N–H and O–H groups in total. The number of benzene rings is 1. The minimum atomic E-state index is -0.285. The molecule has 1 aromatic carbocycles. The SMILES string of the molecule is COCCNC(=O)c1ccc(NC(=O)N2CCN3CCNC(=O)[C@H]3C2)c(C)c1. The summed E-state index contributed by atoms with van der Waals surface area (Å²) in [6, 6.07) is 4.62. The summed E-state index contributed by atoms with van der Waals surface area (Å²) < 4.78 is 4.92. The first kappa shape index (κ1) is 20.1. The van der Waals surface area contributed by atoms with Gasteiger partial charge < -0.3 is 25.6 Å². The average Bonchev–Trinajstić information content (AvgIpc) is 2.69. The lowest BCUT2D eigenvalue weighted by Gasteiger charge is -2.42. The molecule has 0 saturated carbocycles. The molecule has 2 aliphatic heterocycles.